The Labute approximate surface area is 122 Å². The molecule has 112 valence electrons. The van der Waals surface area contributed by atoms with Gasteiger partial charge in [-0.2, -0.15) is 5.10 Å². The number of rotatable bonds is 4. The average Bonchev–Trinajstić information content (AvgIpc) is 2.78. The van der Waals surface area contributed by atoms with Crippen LogP contribution in [0.25, 0.3) is 0 Å². The zero-order valence-electron chi connectivity index (χ0n) is 11.4. The Hall–Kier alpha value is -1.08. The molecule has 2 rings (SSSR count). The van der Waals surface area contributed by atoms with Crippen LogP contribution in [0.1, 0.15) is 42.7 Å². The van der Waals surface area contributed by atoms with Gasteiger partial charge in [-0.15, -0.1) is 0 Å². The Morgan fingerprint density at radius 1 is 1.55 bits per heavy atom. The molecule has 0 bridgehead atoms. The molecule has 0 saturated carbocycles. The van der Waals surface area contributed by atoms with Crippen LogP contribution in [0.2, 0.25) is 5.15 Å². The molecule has 1 atom stereocenters. The maximum absolute atomic E-state index is 11.7. The maximum Gasteiger partial charge on any atom is 0.340 e. The fraction of sp³-hybridized carbons (Fsp3) is 0.667. The summed E-state index contributed by atoms with van der Waals surface area (Å²) in [5, 5.41) is 13.6. The minimum atomic E-state index is -3.12. The third-order valence-corrected chi connectivity index (χ3v) is 5.83. The first kappa shape index (κ1) is 15.3. The predicted octanol–water partition coefficient (Wildman–Crippen LogP) is 1.72. The van der Waals surface area contributed by atoms with E-state index in [1.807, 2.05) is 6.92 Å². The lowest BCUT2D eigenvalue weighted by atomic mass is 10.0. The van der Waals surface area contributed by atoms with Crippen molar-refractivity contribution in [3.63, 3.8) is 0 Å². The summed E-state index contributed by atoms with van der Waals surface area (Å²) in [5.74, 6) is -1.12. The lowest BCUT2D eigenvalue weighted by Gasteiger charge is -2.23. The number of carbonyl (C=O) groups is 1. The fourth-order valence-electron chi connectivity index (χ4n) is 2.58. The molecule has 1 aromatic heterocycles. The van der Waals surface area contributed by atoms with E-state index < -0.39 is 21.3 Å². The van der Waals surface area contributed by atoms with Crippen LogP contribution in [-0.2, 0) is 21.8 Å². The number of aromatic nitrogens is 2. The van der Waals surface area contributed by atoms with Crippen molar-refractivity contribution in [3.05, 3.63) is 16.4 Å². The number of carboxylic acids is 1. The summed E-state index contributed by atoms with van der Waals surface area (Å²) in [5.41, 5.74) is -0.374. The monoisotopic (exact) mass is 320 g/mol. The topological polar surface area (TPSA) is 89.3 Å². The Morgan fingerprint density at radius 2 is 2.20 bits per heavy atom. The van der Waals surface area contributed by atoms with Gasteiger partial charge in [0.05, 0.1) is 22.7 Å². The Kier molecular flexibility index (Phi) is 3.85. The number of halogens is 1. The predicted molar refractivity (Wildman–Crippen MR) is 75.1 cm³/mol. The van der Waals surface area contributed by atoms with E-state index in [-0.39, 0.29) is 22.2 Å². The molecule has 20 heavy (non-hydrogen) atoms. The summed E-state index contributed by atoms with van der Waals surface area (Å²) in [4.78, 5) is 11.3. The van der Waals surface area contributed by atoms with E-state index in [0.29, 0.717) is 18.5 Å². The molecule has 0 amide bonds. The number of nitrogens with zero attached hydrogens (tertiary/aromatic N) is 2. The van der Waals surface area contributed by atoms with E-state index in [1.54, 1.807) is 6.92 Å². The number of hydrogen-bond donors (Lipinski definition) is 1. The van der Waals surface area contributed by atoms with Gasteiger partial charge >= 0.3 is 5.97 Å². The smallest absolute Gasteiger partial charge is 0.340 e. The van der Waals surface area contributed by atoms with Crippen molar-refractivity contribution < 1.29 is 18.3 Å². The summed E-state index contributed by atoms with van der Waals surface area (Å²) in [6.07, 6.45) is 1.63. The molecule has 1 saturated heterocycles. The van der Waals surface area contributed by atoms with E-state index in [4.69, 9.17) is 11.6 Å². The largest absolute Gasteiger partial charge is 0.478 e. The second-order valence-corrected chi connectivity index (χ2v) is 7.96. The number of aryl methyl sites for hydroxylation is 1. The van der Waals surface area contributed by atoms with Gasteiger partial charge in [0.15, 0.2) is 9.84 Å². The normalized spacial score (nSPS) is 24.9. The van der Waals surface area contributed by atoms with Gasteiger partial charge in [0.25, 0.3) is 0 Å². The molecule has 0 radical (unpaired) electrons. The number of aromatic carboxylic acids is 1. The molecule has 8 heteroatoms. The molecule has 1 aliphatic rings. The Bertz CT molecular complexity index is 653. The first-order valence-corrected chi connectivity index (χ1v) is 8.62. The van der Waals surface area contributed by atoms with Gasteiger partial charge < -0.3 is 5.11 Å². The minimum Gasteiger partial charge on any atom is -0.478 e. The third kappa shape index (κ3) is 2.56. The molecular weight excluding hydrogens is 304 g/mol. The summed E-state index contributed by atoms with van der Waals surface area (Å²) in [7, 11) is -3.12. The maximum atomic E-state index is 11.7. The zero-order chi connectivity index (χ0) is 15.1. The summed E-state index contributed by atoms with van der Waals surface area (Å²) < 4.78 is 24.7. The number of sulfone groups is 1. The molecule has 6 nitrogen and oxygen atoms in total. The lowest BCUT2D eigenvalue weighted by molar-refractivity contribution is 0.0695. The molecule has 0 spiro atoms. The van der Waals surface area contributed by atoms with Crippen molar-refractivity contribution in [1.82, 2.24) is 9.78 Å². The van der Waals surface area contributed by atoms with Crippen LogP contribution >= 0.6 is 11.6 Å². The van der Waals surface area contributed by atoms with Gasteiger partial charge in [0.2, 0.25) is 0 Å². The molecule has 0 aromatic carbocycles. The van der Waals surface area contributed by atoms with Crippen LogP contribution in [0.15, 0.2) is 0 Å². The van der Waals surface area contributed by atoms with Crippen LogP contribution < -0.4 is 0 Å². The quantitative estimate of drug-likeness (QED) is 0.912. The molecule has 1 unspecified atom stereocenters. The Morgan fingerprint density at radius 3 is 2.65 bits per heavy atom. The highest BCUT2D eigenvalue weighted by molar-refractivity contribution is 7.91. The minimum absolute atomic E-state index is 0.0144. The molecule has 1 aliphatic heterocycles. The molecular formula is C12H17ClN2O4S. The van der Waals surface area contributed by atoms with Gasteiger partial charge in [0, 0.05) is 0 Å². The summed E-state index contributed by atoms with van der Waals surface area (Å²) >= 11 is 6.15. The first-order valence-electron chi connectivity index (χ1n) is 6.42. The Balaban J connectivity index is 2.53. The van der Waals surface area contributed by atoms with Crippen LogP contribution in [0, 0.1) is 0 Å². The molecule has 1 N–H and O–H groups in total. The molecule has 1 fully saturated rings. The van der Waals surface area contributed by atoms with E-state index in [1.165, 1.54) is 4.68 Å². The molecule has 2 heterocycles. The summed E-state index contributed by atoms with van der Waals surface area (Å²) in [6, 6.07) is 0. The van der Waals surface area contributed by atoms with Crippen molar-refractivity contribution in [2.75, 3.05) is 11.5 Å². The molecule has 0 aliphatic carbocycles. The van der Waals surface area contributed by atoms with E-state index in [2.05, 4.69) is 5.10 Å². The van der Waals surface area contributed by atoms with Crippen molar-refractivity contribution in [3.8, 4) is 0 Å². The SMILES string of the molecule is CCCc1nn(C2(C)CCS(=O)(=O)C2)c(Cl)c1C(=O)O. The van der Waals surface area contributed by atoms with Crippen molar-refractivity contribution in [2.24, 2.45) is 0 Å². The highest BCUT2D eigenvalue weighted by atomic mass is 35.5. The van der Waals surface area contributed by atoms with E-state index in [0.717, 1.165) is 6.42 Å². The van der Waals surface area contributed by atoms with Gasteiger partial charge in [-0.1, -0.05) is 24.9 Å². The number of carboxylic acid groups (broad SMARTS) is 1. The highest BCUT2D eigenvalue weighted by Crippen LogP contribution is 2.35. The average molecular weight is 321 g/mol. The van der Waals surface area contributed by atoms with Gasteiger partial charge in [-0.05, 0) is 19.8 Å². The number of hydrogen-bond acceptors (Lipinski definition) is 4. The van der Waals surface area contributed by atoms with Gasteiger partial charge in [-0.25, -0.2) is 17.9 Å². The lowest BCUT2D eigenvalue weighted by Crippen LogP contribution is -2.32. The van der Waals surface area contributed by atoms with E-state index >= 15 is 0 Å². The van der Waals surface area contributed by atoms with Crippen molar-refractivity contribution in [1.29, 1.82) is 0 Å². The van der Waals surface area contributed by atoms with E-state index in [9.17, 15) is 18.3 Å². The van der Waals surface area contributed by atoms with Crippen molar-refractivity contribution >= 4 is 27.4 Å². The second kappa shape index (κ2) is 5.04. The first-order chi connectivity index (χ1) is 9.20. The fourth-order valence-corrected chi connectivity index (χ4v) is 5.12. The van der Waals surface area contributed by atoms with Crippen LogP contribution in [0.3, 0.4) is 0 Å². The summed E-state index contributed by atoms with van der Waals surface area (Å²) in [6.45, 7) is 3.66. The van der Waals surface area contributed by atoms with Gasteiger partial charge in [-0.3, -0.25) is 0 Å². The molecule has 1 aromatic rings. The zero-order valence-corrected chi connectivity index (χ0v) is 13.0. The van der Waals surface area contributed by atoms with Crippen LogP contribution in [0.4, 0.5) is 0 Å². The van der Waals surface area contributed by atoms with Crippen LogP contribution in [-0.4, -0.2) is 40.8 Å². The standard InChI is InChI=1S/C12H17ClN2O4S/c1-3-4-8-9(11(16)17)10(13)15(14-8)12(2)5-6-20(18,19)7-12/h3-7H2,1-2H3,(H,16,17). The van der Waals surface area contributed by atoms with Crippen LogP contribution in [0.5, 0.6) is 0 Å². The second-order valence-electron chi connectivity index (χ2n) is 5.42. The van der Waals surface area contributed by atoms with Crippen molar-refractivity contribution in [2.45, 2.75) is 38.6 Å². The van der Waals surface area contributed by atoms with Gasteiger partial charge in [0.1, 0.15) is 10.7 Å². The highest BCUT2D eigenvalue weighted by Gasteiger charge is 2.43. The third-order valence-electron chi connectivity index (χ3n) is 3.60.